The van der Waals surface area contributed by atoms with Crippen molar-refractivity contribution in [2.75, 3.05) is 4.72 Å². The second-order valence-corrected chi connectivity index (χ2v) is 10.6. The zero-order chi connectivity index (χ0) is 21.0. The molecule has 30 heavy (non-hydrogen) atoms. The quantitative estimate of drug-likeness (QED) is 0.672. The van der Waals surface area contributed by atoms with Gasteiger partial charge in [0, 0.05) is 30.1 Å². The van der Waals surface area contributed by atoms with E-state index in [1.54, 1.807) is 12.1 Å². The van der Waals surface area contributed by atoms with Gasteiger partial charge in [-0.05, 0) is 37.0 Å². The Labute approximate surface area is 176 Å². The summed E-state index contributed by atoms with van der Waals surface area (Å²) in [6, 6.07) is 4.06. The van der Waals surface area contributed by atoms with Gasteiger partial charge in [-0.1, -0.05) is 6.07 Å². The van der Waals surface area contributed by atoms with Crippen LogP contribution >= 0.6 is 11.3 Å². The highest BCUT2D eigenvalue weighted by Crippen LogP contribution is 2.42. The van der Waals surface area contributed by atoms with E-state index in [-0.39, 0.29) is 41.1 Å². The minimum atomic E-state index is -3.80. The molecule has 1 atom stereocenters. The van der Waals surface area contributed by atoms with Gasteiger partial charge in [0.25, 0.3) is 15.9 Å². The van der Waals surface area contributed by atoms with E-state index in [0.717, 1.165) is 17.8 Å². The summed E-state index contributed by atoms with van der Waals surface area (Å²) < 4.78 is 28.1. The second kappa shape index (κ2) is 6.88. The minimum absolute atomic E-state index is 0.140. The Kier molecular flexibility index (Phi) is 4.40. The van der Waals surface area contributed by atoms with Crippen LogP contribution in [0.4, 0.5) is 5.69 Å². The predicted octanol–water partition coefficient (Wildman–Crippen LogP) is 1.58. The third-order valence-electron chi connectivity index (χ3n) is 5.47. The van der Waals surface area contributed by atoms with Crippen LogP contribution in [0.2, 0.25) is 0 Å². The lowest BCUT2D eigenvalue weighted by atomic mass is 10.0. The summed E-state index contributed by atoms with van der Waals surface area (Å²) in [5.74, 6) is -0.806. The molecule has 0 spiro atoms. The molecule has 2 fully saturated rings. The van der Waals surface area contributed by atoms with Crippen LogP contribution in [0.3, 0.4) is 0 Å². The molecule has 1 saturated carbocycles. The number of piperidine rings is 1. The smallest absolute Gasteiger partial charge is 0.273 e. The Morgan fingerprint density at radius 1 is 1.17 bits per heavy atom. The van der Waals surface area contributed by atoms with Gasteiger partial charge in [-0.3, -0.25) is 24.4 Å². The highest BCUT2D eigenvalue weighted by Gasteiger charge is 2.39. The van der Waals surface area contributed by atoms with Gasteiger partial charge < -0.3 is 4.90 Å². The molecule has 0 radical (unpaired) electrons. The summed E-state index contributed by atoms with van der Waals surface area (Å²) in [7, 11) is -3.80. The molecule has 2 N–H and O–H groups in total. The molecule has 1 saturated heterocycles. The van der Waals surface area contributed by atoms with E-state index < -0.39 is 22.0 Å². The van der Waals surface area contributed by atoms with Gasteiger partial charge in [-0.25, -0.2) is 13.4 Å². The number of rotatable bonds is 5. The van der Waals surface area contributed by atoms with E-state index in [1.807, 2.05) is 0 Å². The van der Waals surface area contributed by atoms with E-state index in [4.69, 9.17) is 0 Å². The van der Waals surface area contributed by atoms with Crippen LogP contribution in [0.1, 0.15) is 52.5 Å². The summed E-state index contributed by atoms with van der Waals surface area (Å²) in [6.07, 6.45) is 3.90. The first-order valence-corrected chi connectivity index (χ1v) is 11.9. The van der Waals surface area contributed by atoms with Crippen LogP contribution in [0.5, 0.6) is 0 Å². The molecule has 1 aliphatic carbocycles. The van der Waals surface area contributed by atoms with Gasteiger partial charge in [-0.2, -0.15) is 0 Å². The number of thiazole rings is 1. The van der Waals surface area contributed by atoms with Crippen molar-refractivity contribution in [3.8, 4) is 0 Å². The molecule has 3 heterocycles. The number of fused-ring (bicyclic) bond motifs is 1. The molecular formula is C19H18N4O5S2. The number of hydrogen-bond acceptors (Lipinski definition) is 7. The largest absolute Gasteiger partial charge is 0.322 e. The van der Waals surface area contributed by atoms with Crippen molar-refractivity contribution in [1.82, 2.24) is 15.2 Å². The summed E-state index contributed by atoms with van der Waals surface area (Å²) in [5.41, 5.74) is 1.33. The molecule has 1 aromatic heterocycles. The number of sulfonamides is 1. The highest BCUT2D eigenvalue weighted by molar-refractivity contribution is 7.94. The number of benzene rings is 1. The Hall–Kier alpha value is -2.79. The Balaban J connectivity index is 1.35. The molecule has 2 aromatic rings. The Morgan fingerprint density at radius 2 is 1.97 bits per heavy atom. The maximum Gasteiger partial charge on any atom is 0.273 e. The normalized spacial score (nSPS) is 21.5. The lowest BCUT2D eigenvalue weighted by molar-refractivity contribution is -0.136. The fourth-order valence-electron chi connectivity index (χ4n) is 3.74. The van der Waals surface area contributed by atoms with Crippen molar-refractivity contribution >= 4 is 44.8 Å². The number of nitrogens with zero attached hydrogens (tertiary/aromatic N) is 2. The third-order valence-corrected chi connectivity index (χ3v) is 8.48. The lowest BCUT2D eigenvalue weighted by Crippen LogP contribution is -2.52. The van der Waals surface area contributed by atoms with Gasteiger partial charge in [0.15, 0.2) is 4.21 Å². The number of nitrogens with one attached hydrogen (secondary N) is 2. The average molecular weight is 447 g/mol. The number of hydrogen-bond donors (Lipinski definition) is 2. The van der Waals surface area contributed by atoms with E-state index in [0.29, 0.717) is 17.0 Å². The molecule has 9 nitrogen and oxygen atoms in total. The maximum atomic E-state index is 12.9. The number of anilines is 1. The zero-order valence-electron chi connectivity index (χ0n) is 15.8. The molecule has 1 unspecified atom stereocenters. The van der Waals surface area contributed by atoms with Gasteiger partial charge in [0.05, 0.1) is 11.2 Å². The Bertz CT molecular complexity index is 1190. The van der Waals surface area contributed by atoms with E-state index in [2.05, 4.69) is 15.0 Å². The van der Waals surface area contributed by atoms with Crippen molar-refractivity contribution in [3.05, 3.63) is 40.5 Å². The first-order chi connectivity index (χ1) is 14.3. The van der Waals surface area contributed by atoms with Gasteiger partial charge in [0.1, 0.15) is 6.04 Å². The average Bonchev–Trinajstić information content (AvgIpc) is 3.33. The zero-order valence-corrected chi connectivity index (χ0v) is 17.4. The van der Waals surface area contributed by atoms with Gasteiger partial charge in [-0.15, -0.1) is 11.3 Å². The highest BCUT2D eigenvalue weighted by atomic mass is 32.2. The van der Waals surface area contributed by atoms with Crippen molar-refractivity contribution < 1.29 is 22.8 Å². The molecule has 11 heteroatoms. The predicted molar refractivity (Wildman–Crippen MR) is 107 cm³/mol. The Morgan fingerprint density at radius 3 is 2.70 bits per heavy atom. The minimum Gasteiger partial charge on any atom is -0.322 e. The molecule has 2 aliphatic heterocycles. The SMILES string of the molecule is O=C1CCC(N2Cc3ccc(NS(=O)(=O)c4cnc(C5CC5)s4)cc3C2=O)C(=O)N1. The van der Waals surface area contributed by atoms with Crippen LogP contribution in [0.15, 0.2) is 28.6 Å². The lowest BCUT2D eigenvalue weighted by Gasteiger charge is -2.29. The fourth-order valence-corrected chi connectivity index (χ4v) is 6.11. The van der Waals surface area contributed by atoms with E-state index in [9.17, 15) is 22.8 Å². The fraction of sp³-hybridized carbons (Fsp3) is 0.368. The van der Waals surface area contributed by atoms with Gasteiger partial charge >= 0.3 is 0 Å². The molecule has 5 rings (SSSR count). The molecule has 3 aliphatic rings. The van der Waals surface area contributed by atoms with Crippen LogP contribution in [-0.2, 0) is 26.2 Å². The first-order valence-electron chi connectivity index (χ1n) is 9.58. The topological polar surface area (TPSA) is 126 Å². The number of carbonyl (C=O) groups excluding carboxylic acids is 3. The summed E-state index contributed by atoms with van der Waals surface area (Å²) in [6.45, 7) is 0.243. The number of imide groups is 1. The second-order valence-electron chi connectivity index (χ2n) is 7.67. The van der Waals surface area contributed by atoms with Crippen LogP contribution < -0.4 is 10.0 Å². The van der Waals surface area contributed by atoms with E-state index >= 15 is 0 Å². The van der Waals surface area contributed by atoms with Crippen LogP contribution in [0, 0.1) is 0 Å². The number of amides is 3. The molecule has 1 aromatic carbocycles. The maximum absolute atomic E-state index is 12.9. The third kappa shape index (κ3) is 3.37. The summed E-state index contributed by atoms with van der Waals surface area (Å²) in [4.78, 5) is 42.0. The standard InChI is InChI=1S/C19H18N4O5S2/c24-15-6-5-14(17(25)21-15)23-9-11-3-4-12(7-13(11)19(23)26)22-30(27,28)16-8-20-18(29-16)10-1-2-10/h3-4,7-8,10,14,22H,1-2,5-6,9H2,(H,21,24,25). The van der Waals surface area contributed by atoms with Crippen molar-refractivity contribution in [3.63, 3.8) is 0 Å². The van der Waals surface area contributed by atoms with Gasteiger partial charge in [0.2, 0.25) is 11.8 Å². The van der Waals surface area contributed by atoms with Crippen molar-refractivity contribution in [1.29, 1.82) is 0 Å². The molecule has 3 amide bonds. The summed E-state index contributed by atoms with van der Waals surface area (Å²) >= 11 is 1.17. The number of carbonyl (C=O) groups is 3. The number of aromatic nitrogens is 1. The van der Waals surface area contributed by atoms with Crippen LogP contribution in [0.25, 0.3) is 0 Å². The van der Waals surface area contributed by atoms with E-state index in [1.165, 1.54) is 28.5 Å². The summed E-state index contributed by atoms with van der Waals surface area (Å²) in [5, 5.41) is 3.09. The van der Waals surface area contributed by atoms with Crippen molar-refractivity contribution in [2.24, 2.45) is 0 Å². The first kappa shape index (κ1) is 19.2. The molecule has 156 valence electrons. The monoisotopic (exact) mass is 446 g/mol. The molecule has 0 bridgehead atoms. The molecular weight excluding hydrogens is 428 g/mol. The van der Waals surface area contributed by atoms with Crippen LogP contribution in [-0.4, -0.2) is 42.1 Å². The van der Waals surface area contributed by atoms with Crippen molar-refractivity contribution in [2.45, 2.75) is 48.4 Å².